The molecule has 0 aromatic carbocycles. The Morgan fingerprint density at radius 1 is 1.67 bits per heavy atom. The molecule has 0 spiro atoms. The quantitative estimate of drug-likeness (QED) is 0.834. The summed E-state index contributed by atoms with van der Waals surface area (Å²) >= 11 is 4.52. The number of alkyl halides is 1. The monoisotopic (exact) mass is 246 g/mol. The third-order valence-electron chi connectivity index (χ3n) is 1.21. The fourth-order valence-corrected chi connectivity index (χ4v) is 1.68. The lowest BCUT2D eigenvalue weighted by molar-refractivity contribution is 0.0702. The second-order valence-electron chi connectivity index (χ2n) is 2.06. The summed E-state index contributed by atoms with van der Waals surface area (Å²) < 4.78 is 0. The van der Waals surface area contributed by atoms with Crippen LogP contribution in [0.4, 0.5) is 0 Å². The van der Waals surface area contributed by atoms with Crippen LogP contribution in [0.3, 0.4) is 0 Å². The lowest BCUT2D eigenvalue weighted by atomic mass is 10.4. The number of rotatable bonds is 3. The van der Waals surface area contributed by atoms with Gasteiger partial charge in [-0.2, -0.15) is 0 Å². The minimum Gasteiger partial charge on any atom is -0.477 e. The number of thiophene rings is 1. The van der Waals surface area contributed by atoms with Crippen LogP contribution < -0.4 is 0 Å². The van der Waals surface area contributed by atoms with Gasteiger partial charge in [0.05, 0.1) is 0 Å². The zero-order valence-corrected chi connectivity index (χ0v) is 8.56. The first-order valence-electron chi connectivity index (χ1n) is 3.29. The predicted octanol–water partition coefficient (Wildman–Crippen LogP) is 2.85. The predicted molar refractivity (Wildman–Crippen MR) is 54.1 cm³/mol. The molecule has 2 nitrogen and oxygen atoms in total. The van der Waals surface area contributed by atoms with E-state index in [2.05, 4.69) is 15.9 Å². The topological polar surface area (TPSA) is 37.3 Å². The lowest BCUT2D eigenvalue weighted by Crippen LogP contribution is -1.89. The Labute approximate surface area is 82.7 Å². The summed E-state index contributed by atoms with van der Waals surface area (Å²) in [6.45, 7) is 0. The summed E-state index contributed by atoms with van der Waals surface area (Å²) in [5, 5.41) is 9.39. The molecule has 0 amide bonds. The van der Waals surface area contributed by atoms with Crippen LogP contribution in [0.1, 0.15) is 14.5 Å². The second kappa shape index (κ2) is 4.42. The Kier molecular flexibility index (Phi) is 3.49. The number of hydrogen-bond donors (Lipinski definition) is 1. The van der Waals surface area contributed by atoms with Gasteiger partial charge >= 0.3 is 5.97 Å². The highest BCUT2D eigenvalue weighted by molar-refractivity contribution is 9.09. The maximum absolute atomic E-state index is 10.5. The van der Waals surface area contributed by atoms with Crippen LogP contribution in [-0.2, 0) is 0 Å². The summed E-state index contributed by atoms with van der Waals surface area (Å²) in [5.74, 6) is -0.863. The van der Waals surface area contributed by atoms with Gasteiger partial charge < -0.3 is 5.11 Å². The average Bonchev–Trinajstić information content (AvgIpc) is 2.48. The Morgan fingerprint density at radius 2 is 2.42 bits per heavy atom. The maximum atomic E-state index is 10.5. The number of carboxylic acid groups (broad SMARTS) is 1. The molecule has 0 bridgehead atoms. The number of carboxylic acids is 1. The smallest absolute Gasteiger partial charge is 0.345 e. The van der Waals surface area contributed by atoms with E-state index in [9.17, 15) is 4.79 Å². The summed E-state index contributed by atoms with van der Waals surface area (Å²) in [7, 11) is 0. The van der Waals surface area contributed by atoms with Gasteiger partial charge in [-0.3, -0.25) is 0 Å². The van der Waals surface area contributed by atoms with Crippen molar-refractivity contribution in [2.45, 2.75) is 0 Å². The van der Waals surface area contributed by atoms with Crippen LogP contribution in [0.15, 0.2) is 18.2 Å². The average molecular weight is 247 g/mol. The zero-order valence-electron chi connectivity index (χ0n) is 6.16. The SMILES string of the molecule is O=C(O)c1ccc(C=CCBr)s1. The van der Waals surface area contributed by atoms with Crippen molar-refractivity contribution in [3.8, 4) is 0 Å². The normalized spacial score (nSPS) is 10.8. The zero-order chi connectivity index (χ0) is 8.97. The van der Waals surface area contributed by atoms with Crippen molar-refractivity contribution in [3.63, 3.8) is 0 Å². The summed E-state index contributed by atoms with van der Waals surface area (Å²) in [6.07, 6.45) is 3.82. The fourth-order valence-electron chi connectivity index (χ4n) is 0.718. The van der Waals surface area contributed by atoms with Crippen molar-refractivity contribution in [1.29, 1.82) is 0 Å². The van der Waals surface area contributed by atoms with Gasteiger partial charge in [-0.15, -0.1) is 11.3 Å². The molecular weight excluding hydrogens is 240 g/mol. The lowest BCUT2D eigenvalue weighted by Gasteiger charge is -1.82. The molecular formula is C8H7BrO2S. The van der Waals surface area contributed by atoms with Crippen LogP contribution >= 0.6 is 27.3 Å². The van der Waals surface area contributed by atoms with E-state index in [1.54, 1.807) is 12.1 Å². The molecule has 0 aliphatic carbocycles. The van der Waals surface area contributed by atoms with Crippen LogP contribution in [0, 0.1) is 0 Å². The van der Waals surface area contributed by atoms with E-state index in [0.717, 1.165) is 10.2 Å². The molecule has 1 N–H and O–H groups in total. The molecule has 1 aromatic heterocycles. The molecule has 1 rings (SSSR count). The Bertz CT molecular complexity index is 304. The number of allylic oxidation sites excluding steroid dienone is 1. The maximum Gasteiger partial charge on any atom is 0.345 e. The van der Waals surface area contributed by atoms with E-state index < -0.39 is 5.97 Å². The van der Waals surface area contributed by atoms with Crippen molar-refractivity contribution in [3.05, 3.63) is 28.0 Å². The molecule has 0 aliphatic rings. The van der Waals surface area contributed by atoms with Gasteiger partial charge in [-0.25, -0.2) is 4.79 Å². The molecule has 1 aromatic rings. The van der Waals surface area contributed by atoms with Crippen molar-refractivity contribution < 1.29 is 9.90 Å². The van der Waals surface area contributed by atoms with Gasteiger partial charge in [0.25, 0.3) is 0 Å². The van der Waals surface area contributed by atoms with Gasteiger partial charge in [0.15, 0.2) is 0 Å². The highest BCUT2D eigenvalue weighted by Crippen LogP contribution is 2.17. The molecule has 4 heteroatoms. The summed E-state index contributed by atoms with van der Waals surface area (Å²) in [6, 6.07) is 3.41. The highest BCUT2D eigenvalue weighted by Gasteiger charge is 2.04. The first-order chi connectivity index (χ1) is 5.74. The molecule has 0 unspecified atom stereocenters. The summed E-state index contributed by atoms with van der Waals surface area (Å²) in [4.78, 5) is 11.8. The third kappa shape index (κ3) is 2.46. The molecule has 64 valence electrons. The van der Waals surface area contributed by atoms with Gasteiger partial charge in [-0.05, 0) is 18.2 Å². The van der Waals surface area contributed by atoms with Crippen LogP contribution in [0.2, 0.25) is 0 Å². The Hall–Kier alpha value is -0.610. The number of aromatic carboxylic acids is 1. The molecule has 12 heavy (non-hydrogen) atoms. The van der Waals surface area contributed by atoms with E-state index >= 15 is 0 Å². The highest BCUT2D eigenvalue weighted by atomic mass is 79.9. The van der Waals surface area contributed by atoms with E-state index in [4.69, 9.17) is 5.11 Å². The molecule has 0 saturated heterocycles. The van der Waals surface area contributed by atoms with Crippen LogP contribution in [-0.4, -0.2) is 16.4 Å². The van der Waals surface area contributed by atoms with Crippen molar-refractivity contribution in [2.24, 2.45) is 0 Å². The van der Waals surface area contributed by atoms with Gasteiger partial charge in [0.2, 0.25) is 0 Å². The minimum absolute atomic E-state index is 0.379. The summed E-state index contributed by atoms with van der Waals surface area (Å²) in [5.41, 5.74) is 0. The van der Waals surface area contributed by atoms with E-state index in [1.807, 2.05) is 12.2 Å². The first kappa shape index (κ1) is 9.48. The van der Waals surface area contributed by atoms with Crippen molar-refractivity contribution in [1.82, 2.24) is 0 Å². The number of carbonyl (C=O) groups is 1. The number of hydrogen-bond acceptors (Lipinski definition) is 2. The van der Waals surface area contributed by atoms with E-state index in [-0.39, 0.29) is 0 Å². The first-order valence-corrected chi connectivity index (χ1v) is 5.23. The van der Waals surface area contributed by atoms with Gasteiger partial charge in [-0.1, -0.05) is 22.0 Å². The Balaban J connectivity index is 2.77. The molecule has 0 radical (unpaired) electrons. The fraction of sp³-hybridized carbons (Fsp3) is 0.125. The molecule has 0 fully saturated rings. The number of halogens is 1. The van der Waals surface area contributed by atoms with Crippen LogP contribution in [0.25, 0.3) is 6.08 Å². The van der Waals surface area contributed by atoms with Gasteiger partial charge in [0, 0.05) is 10.2 Å². The molecule has 0 saturated carbocycles. The standard InChI is InChI=1S/C8H7BrO2S/c9-5-1-2-6-3-4-7(12-6)8(10)11/h1-4H,5H2,(H,10,11). The second-order valence-corrected chi connectivity index (χ2v) is 3.83. The Morgan fingerprint density at radius 3 is 2.92 bits per heavy atom. The van der Waals surface area contributed by atoms with Crippen LogP contribution in [0.5, 0.6) is 0 Å². The molecule has 1 heterocycles. The largest absolute Gasteiger partial charge is 0.477 e. The third-order valence-corrected chi connectivity index (χ3v) is 2.62. The minimum atomic E-state index is -0.863. The van der Waals surface area contributed by atoms with E-state index in [0.29, 0.717) is 4.88 Å². The molecule has 0 atom stereocenters. The van der Waals surface area contributed by atoms with Gasteiger partial charge in [0.1, 0.15) is 4.88 Å². The van der Waals surface area contributed by atoms with Crippen molar-refractivity contribution in [2.75, 3.05) is 5.33 Å². The van der Waals surface area contributed by atoms with E-state index in [1.165, 1.54) is 11.3 Å². The molecule has 0 aliphatic heterocycles. The van der Waals surface area contributed by atoms with Crippen molar-refractivity contribution >= 4 is 39.3 Å².